The second kappa shape index (κ2) is 7.16. The number of thioether (sulfide) groups is 1. The van der Waals surface area contributed by atoms with Gasteiger partial charge in [0.15, 0.2) is 0 Å². The maximum Gasteiger partial charge on any atom is 0.237 e. The van der Waals surface area contributed by atoms with Gasteiger partial charge in [0.05, 0.1) is 0 Å². The number of nitrogens with two attached hydrogens (primary N) is 1. The van der Waals surface area contributed by atoms with Gasteiger partial charge in [-0.25, -0.2) is 0 Å². The molecular formula is C14H21ClN2OS2. The van der Waals surface area contributed by atoms with Crippen LogP contribution in [0.3, 0.4) is 0 Å². The fourth-order valence-corrected chi connectivity index (χ4v) is 5.21. The Morgan fingerprint density at radius 1 is 1.30 bits per heavy atom. The summed E-state index contributed by atoms with van der Waals surface area (Å²) < 4.78 is 0. The van der Waals surface area contributed by atoms with E-state index in [1.54, 1.807) is 23.1 Å². The van der Waals surface area contributed by atoms with Gasteiger partial charge in [-0.05, 0) is 54.9 Å². The molecule has 1 saturated carbocycles. The van der Waals surface area contributed by atoms with E-state index in [9.17, 15) is 4.79 Å². The number of hydrogen-bond donors (Lipinski definition) is 2. The van der Waals surface area contributed by atoms with Crippen molar-refractivity contribution in [3.8, 4) is 0 Å². The number of aryl methyl sites for hydroxylation is 1. The molecule has 2 heterocycles. The second-order valence-electron chi connectivity index (χ2n) is 5.42. The fourth-order valence-electron chi connectivity index (χ4n) is 2.90. The third-order valence-corrected chi connectivity index (χ3v) is 6.27. The van der Waals surface area contributed by atoms with E-state index in [4.69, 9.17) is 5.73 Å². The van der Waals surface area contributed by atoms with Gasteiger partial charge in [0.1, 0.15) is 5.25 Å². The maximum absolute atomic E-state index is 12.4. The van der Waals surface area contributed by atoms with Crippen molar-refractivity contribution in [2.24, 2.45) is 5.73 Å². The van der Waals surface area contributed by atoms with Gasteiger partial charge in [0, 0.05) is 17.0 Å². The molecule has 0 radical (unpaired) electrons. The van der Waals surface area contributed by atoms with Crippen LogP contribution in [0.15, 0.2) is 11.4 Å². The van der Waals surface area contributed by atoms with E-state index in [1.165, 1.54) is 10.4 Å². The molecule has 0 bridgehead atoms. The van der Waals surface area contributed by atoms with E-state index < -0.39 is 0 Å². The Balaban J connectivity index is 0.00000147. The van der Waals surface area contributed by atoms with Crippen molar-refractivity contribution in [3.05, 3.63) is 21.9 Å². The SMILES string of the molecule is Cl.NC1CCC(NC(=O)C2SCCc3sccc32)CC1. The molecule has 112 valence electrons. The van der Waals surface area contributed by atoms with Crippen LogP contribution in [0.1, 0.15) is 41.4 Å². The van der Waals surface area contributed by atoms with Gasteiger partial charge < -0.3 is 11.1 Å². The zero-order valence-electron chi connectivity index (χ0n) is 11.3. The van der Waals surface area contributed by atoms with Crippen molar-refractivity contribution in [2.45, 2.75) is 49.4 Å². The lowest BCUT2D eigenvalue weighted by Crippen LogP contribution is -2.42. The molecule has 1 unspecified atom stereocenters. The van der Waals surface area contributed by atoms with Gasteiger partial charge in [-0.3, -0.25) is 4.79 Å². The molecule has 3 N–H and O–H groups in total. The lowest BCUT2D eigenvalue weighted by molar-refractivity contribution is -0.121. The zero-order chi connectivity index (χ0) is 13.2. The summed E-state index contributed by atoms with van der Waals surface area (Å²) in [4.78, 5) is 13.8. The third kappa shape index (κ3) is 3.50. The number of fused-ring (bicyclic) bond motifs is 1. The predicted molar refractivity (Wildman–Crippen MR) is 88.8 cm³/mol. The average molecular weight is 333 g/mol. The van der Waals surface area contributed by atoms with Gasteiger partial charge in [-0.1, -0.05) is 0 Å². The number of rotatable bonds is 2. The Bertz CT molecular complexity index is 458. The fraction of sp³-hybridized carbons (Fsp3) is 0.643. The van der Waals surface area contributed by atoms with E-state index in [2.05, 4.69) is 16.8 Å². The van der Waals surface area contributed by atoms with Crippen molar-refractivity contribution >= 4 is 41.4 Å². The van der Waals surface area contributed by atoms with Gasteiger partial charge in [-0.2, -0.15) is 0 Å². The molecule has 2 aliphatic rings. The quantitative estimate of drug-likeness (QED) is 0.875. The number of halogens is 1. The summed E-state index contributed by atoms with van der Waals surface area (Å²) in [6.45, 7) is 0. The van der Waals surface area contributed by atoms with Crippen LogP contribution in [-0.4, -0.2) is 23.7 Å². The van der Waals surface area contributed by atoms with Crippen LogP contribution < -0.4 is 11.1 Å². The molecule has 20 heavy (non-hydrogen) atoms. The van der Waals surface area contributed by atoms with E-state index in [-0.39, 0.29) is 23.6 Å². The molecule has 1 fully saturated rings. The smallest absolute Gasteiger partial charge is 0.237 e. The number of carbonyl (C=O) groups excluding carboxylic acids is 1. The van der Waals surface area contributed by atoms with E-state index in [0.29, 0.717) is 12.1 Å². The summed E-state index contributed by atoms with van der Waals surface area (Å²) >= 11 is 3.56. The summed E-state index contributed by atoms with van der Waals surface area (Å²) in [5.41, 5.74) is 7.15. The second-order valence-corrected chi connectivity index (χ2v) is 7.63. The molecule has 1 aromatic rings. The molecular weight excluding hydrogens is 312 g/mol. The van der Waals surface area contributed by atoms with Gasteiger partial charge >= 0.3 is 0 Å². The van der Waals surface area contributed by atoms with Gasteiger partial charge in [-0.15, -0.1) is 35.5 Å². The number of nitrogens with one attached hydrogen (secondary N) is 1. The normalized spacial score (nSPS) is 29.1. The Kier molecular flexibility index (Phi) is 5.78. The molecule has 1 amide bonds. The largest absolute Gasteiger partial charge is 0.352 e. The molecule has 1 aliphatic carbocycles. The van der Waals surface area contributed by atoms with Crippen LogP contribution in [0.4, 0.5) is 0 Å². The highest BCUT2D eigenvalue weighted by Gasteiger charge is 2.30. The molecule has 1 aromatic heterocycles. The number of carbonyl (C=O) groups is 1. The first-order valence-electron chi connectivity index (χ1n) is 6.98. The minimum Gasteiger partial charge on any atom is -0.352 e. The first-order valence-corrected chi connectivity index (χ1v) is 8.90. The van der Waals surface area contributed by atoms with Gasteiger partial charge in [0.2, 0.25) is 5.91 Å². The Morgan fingerprint density at radius 3 is 2.80 bits per heavy atom. The molecule has 0 aromatic carbocycles. The topological polar surface area (TPSA) is 55.1 Å². The van der Waals surface area contributed by atoms with Crippen LogP contribution in [-0.2, 0) is 11.2 Å². The molecule has 0 saturated heterocycles. The van der Waals surface area contributed by atoms with E-state index in [0.717, 1.165) is 37.9 Å². The summed E-state index contributed by atoms with van der Waals surface area (Å²) in [6.07, 6.45) is 5.24. The van der Waals surface area contributed by atoms with Crippen LogP contribution in [0, 0.1) is 0 Å². The third-order valence-electron chi connectivity index (χ3n) is 4.03. The van der Waals surface area contributed by atoms with Crippen molar-refractivity contribution in [1.82, 2.24) is 5.32 Å². The van der Waals surface area contributed by atoms with Crippen LogP contribution >= 0.6 is 35.5 Å². The number of thiophene rings is 1. The molecule has 3 nitrogen and oxygen atoms in total. The zero-order valence-corrected chi connectivity index (χ0v) is 13.8. The predicted octanol–water partition coefficient (Wildman–Crippen LogP) is 2.89. The van der Waals surface area contributed by atoms with E-state index >= 15 is 0 Å². The van der Waals surface area contributed by atoms with Crippen LogP contribution in [0.25, 0.3) is 0 Å². The molecule has 6 heteroatoms. The Labute approximate surface area is 134 Å². The summed E-state index contributed by atoms with van der Waals surface area (Å²) in [5.74, 6) is 1.26. The minimum atomic E-state index is 0. The Morgan fingerprint density at radius 2 is 2.05 bits per heavy atom. The lowest BCUT2D eigenvalue weighted by atomic mass is 9.91. The summed E-state index contributed by atoms with van der Waals surface area (Å²) in [6, 6.07) is 2.78. The van der Waals surface area contributed by atoms with Crippen molar-refractivity contribution < 1.29 is 4.79 Å². The summed E-state index contributed by atoms with van der Waals surface area (Å²) in [7, 11) is 0. The standard InChI is InChI=1S/C14H20N2OS2.ClH/c15-9-1-3-10(4-2-9)16-14(17)13-11-5-7-18-12(11)6-8-19-13;/h5,7,9-10,13H,1-4,6,8,15H2,(H,16,17);1H. The number of hydrogen-bond acceptors (Lipinski definition) is 4. The van der Waals surface area contributed by atoms with Crippen molar-refractivity contribution in [2.75, 3.05) is 5.75 Å². The first-order chi connectivity index (χ1) is 9.24. The minimum absolute atomic E-state index is 0. The number of amides is 1. The van der Waals surface area contributed by atoms with Crippen LogP contribution in [0.5, 0.6) is 0 Å². The molecule has 3 rings (SSSR count). The van der Waals surface area contributed by atoms with Crippen LogP contribution in [0.2, 0.25) is 0 Å². The highest BCUT2D eigenvalue weighted by Crippen LogP contribution is 2.39. The van der Waals surface area contributed by atoms with Gasteiger partial charge in [0.25, 0.3) is 0 Å². The van der Waals surface area contributed by atoms with Crippen molar-refractivity contribution in [1.29, 1.82) is 0 Å². The monoisotopic (exact) mass is 332 g/mol. The molecule has 1 atom stereocenters. The highest BCUT2D eigenvalue weighted by atomic mass is 35.5. The highest BCUT2D eigenvalue weighted by molar-refractivity contribution is 8.00. The first kappa shape index (κ1) is 16.1. The van der Waals surface area contributed by atoms with E-state index in [1.807, 2.05) is 0 Å². The average Bonchev–Trinajstić information content (AvgIpc) is 2.89. The Hall–Kier alpha value is -0.230. The van der Waals surface area contributed by atoms with Crippen molar-refractivity contribution in [3.63, 3.8) is 0 Å². The summed E-state index contributed by atoms with van der Waals surface area (Å²) in [5, 5.41) is 5.34. The lowest BCUT2D eigenvalue weighted by Gasteiger charge is -2.29. The maximum atomic E-state index is 12.4. The molecule has 0 spiro atoms. The molecule has 1 aliphatic heterocycles.